The second-order valence-corrected chi connectivity index (χ2v) is 10.6. The maximum absolute atomic E-state index is 6.14. The van der Waals surface area contributed by atoms with Crippen LogP contribution in [0.4, 0.5) is 5.82 Å². The Balaban J connectivity index is 1.43. The summed E-state index contributed by atoms with van der Waals surface area (Å²) in [5.41, 5.74) is 7.57. The van der Waals surface area contributed by atoms with Crippen LogP contribution < -0.4 is 20.5 Å². The molecule has 2 aliphatic heterocycles. The van der Waals surface area contributed by atoms with Crippen LogP contribution in [0.3, 0.4) is 0 Å². The van der Waals surface area contributed by atoms with Crippen molar-refractivity contribution in [3.05, 3.63) is 22.9 Å². The number of nitrogens with two attached hydrogens (primary N) is 1. The number of nitrogens with zero attached hydrogens (tertiary/aromatic N) is 4. The Bertz CT molecular complexity index is 1140. The topological polar surface area (TPSA) is 100 Å². The molecule has 0 spiro atoms. The van der Waals surface area contributed by atoms with Gasteiger partial charge in [0, 0.05) is 22.0 Å². The fraction of sp³-hybridized carbons (Fsp3) is 0.500. The number of ether oxygens (including phenoxy) is 2. The van der Waals surface area contributed by atoms with Crippen molar-refractivity contribution >= 4 is 44.7 Å². The van der Waals surface area contributed by atoms with Crippen molar-refractivity contribution < 1.29 is 9.47 Å². The van der Waals surface area contributed by atoms with Crippen LogP contribution >= 0.6 is 27.7 Å². The van der Waals surface area contributed by atoms with Gasteiger partial charge in [0.1, 0.15) is 6.33 Å². The molecule has 0 bridgehead atoms. The van der Waals surface area contributed by atoms with Crippen molar-refractivity contribution in [1.82, 2.24) is 24.8 Å². The van der Waals surface area contributed by atoms with Crippen molar-refractivity contribution in [2.75, 3.05) is 19.1 Å². The molecule has 10 heteroatoms. The molecule has 0 aliphatic carbocycles. The van der Waals surface area contributed by atoms with Gasteiger partial charge in [-0.3, -0.25) is 0 Å². The molecule has 0 saturated carbocycles. The highest BCUT2D eigenvalue weighted by Gasteiger charge is 2.25. The summed E-state index contributed by atoms with van der Waals surface area (Å²) in [7, 11) is 0. The number of aromatic nitrogens is 4. The molecule has 0 radical (unpaired) electrons. The Morgan fingerprint density at radius 2 is 2.09 bits per heavy atom. The average Bonchev–Trinajstić information content (AvgIpc) is 3.37. The SMILES string of the molecule is CC(C)[C@@H]1CC(CCn2c(Sc3cc4c(cc3Br)OCO4)nc3c(N)ncnc32)CCN1. The van der Waals surface area contributed by atoms with Crippen molar-refractivity contribution in [3.8, 4) is 11.5 Å². The predicted molar refractivity (Wildman–Crippen MR) is 128 cm³/mol. The summed E-state index contributed by atoms with van der Waals surface area (Å²) in [6, 6.07) is 4.51. The number of piperidine rings is 1. The second-order valence-electron chi connectivity index (χ2n) is 8.70. The largest absolute Gasteiger partial charge is 0.454 e. The lowest BCUT2D eigenvalue weighted by atomic mass is 9.85. The number of rotatable bonds is 6. The van der Waals surface area contributed by atoms with Gasteiger partial charge in [-0.05, 0) is 65.7 Å². The molecule has 3 aromatic rings. The van der Waals surface area contributed by atoms with Crippen LogP contribution in [0.25, 0.3) is 11.2 Å². The van der Waals surface area contributed by atoms with E-state index in [1.54, 1.807) is 11.8 Å². The van der Waals surface area contributed by atoms with E-state index in [1.807, 2.05) is 12.1 Å². The second kappa shape index (κ2) is 9.07. The number of nitrogens with one attached hydrogen (secondary N) is 1. The number of fused-ring (bicyclic) bond motifs is 2. The first-order chi connectivity index (χ1) is 15.5. The highest BCUT2D eigenvalue weighted by atomic mass is 79.9. The van der Waals surface area contributed by atoms with Crippen molar-refractivity contribution in [1.29, 1.82) is 0 Å². The molecule has 8 nitrogen and oxygen atoms in total. The van der Waals surface area contributed by atoms with Gasteiger partial charge in [0.05, 0.1) is 0 Å². The summed E-state index contributed by atoms with van der Waals surface area (Å²) in [5.74, 6) is 3.22. The molecule has 1 saturated heterocycles. The summed E-state index contributed by atoms with van der Waals surface area (Å²) in [4.78, 5) is 14.5. The number of aryl methyl sites for hydroxylation is 1. The fourth-order valence-corrected chi connectivity index (χ4v) is 5.91. The van der Waals surface area contributed by atoms with Crippen LogP contribution in [0.2, 0.25) is 0 Å². The van der Waals surface area contributed by atoms with Gasteiger partial charge >= 0.3 is 0 Å². The summed E-state index contributed by atoms with van der Waals surface area (Å²) < 4.78 is 14.2. The molecule has 2 atom stereocenters. The molecule has 2 aliphatic rings. The zero-order valence-corrected chi connectivity index (χ0v) is 20.6. The predicted octanol–water partition coefficient (Wildman–Crippen LogP) is 4.47. The van der Waals surface area contributed by atoms with Crippen molar-refractivity contribution in [3.63, 3.8) is 0 Å². The Hall–Kier alpha value is -2.04. The van der Waals surface area contributed by atoms with Gasteiger partial charge in [-0.2, -0.15) is 0 Å². The zero-order chi connectivity index (χ0) is 22.2. The van der Waals surface area contributed by atoms with E-state index in [1.165, 1.54) is 19.2 Å². The normalized spacial score (nSPS) is 20.4. The maximum atomic E-state index is 6.14. The van der Waals surface area contributed by atoms with Gasteiger partial charge in [0.2, 0.25) is 6.79 Å². The molecule has 1 unspecified atom stereocenters. The first-order valence-electron chi connectivity index (χ1n) is 11.0. The van der Waals surface area contributed by atoms with Crippen LogP contribution in [0.5, 0.6) is 11.5 Å². The molecule has 1 aromatic carbocycles. The van der Waals surface area contributed by atoms with Gasteiger partial charge in [-0.25, -0.2) is 15.0 Å². The summed E-state index contributed by atoms with van der Waals surface area (Å²) in [5, 5.41) is 4.51. The fourth-order valence-electron chi connectivity index (χ4n) is 4.40. The third kappa shape index (κ3) is 4.27. The third-order valence-electron chi connectivity index (χ3n) is 6.27. The minimum Gasteiger partial charge on any atom is -0.454 e. The first-order valence-corrected chi connectivity index (χ1v) is 12.6. The van der Waals surface area contributed by atoms with E-state index in [2.05, 4.69) is 49.6 Å². The smallest absolute Gasteiger partial charge is 0.231 e. The minimum absolute atomic E-state index is 0.244. The summed E-state index contributed by atoms with van der Waals surface area (Å²) >= 11 is 5.23. The van der Waals surface area contributed by atoms with Crippen LogP contribution in [0.15, 0.2) is 33.0 Å². The molecule has 170 valence electrons. The molecule has 5 rings (SSSR count). The monoisotopic (exact) mass is 518 g/mol. The van der Waals surface area contributed by atoms with Gasteiger partial charge in [0.25, 0.3) is 0 Å². The van der Waals surface area contributed by atoms with Gasteiger partial charge in [-0.1, -0.05) is 25.6 Å². The van der Waals surface area contributed by atoms with Gasteiger partial charge < -0.3 is 25.1 Å². The van der Waals surface area contributed by atoms with E-state index in [4.69, 9.17) is 20.2 Å². The van der Waals surface area contributed by atoms with Crippen molar-refractivity contribution in [2.24, 2.45) is 11.8 Å². The maximum Gasteiger partial charge on any atom is 0.231 e. The molecule has 3 N–H and O–H groups in total. The average molecular weight is 519 g/mol. The quantitative estimate of drug-likeness (QED) is 0.493. The number of imidazole rings is 1. The first kappa shape index (κ1) is 21.8. The van der Waals surface area contributed by atoms with Crippen molar-refractivity contribution in [2.45, 2.75) is 55.7 Å². The number of hydrogen-bond donors (Lipinski definition) is 2. The number of halogens is 1. The number of hydrogen-bond acceptors (Lipinski definition) is 8. The Morgan fingerprint density at radius 3 is 2.91 bits per heavy atom. The zero-order valence-electron chi connectivity index (χ0n) is 18.2. The van der Waals surface area contributed by atoms with E-state index < -0.39 is 0 Å². The van der Waals surface area contributed by atoms with Crippen LogP contribution in [-0.2, 0) is 6.54 Å². The molecular weight excluding hydrogens is 492 g/mol. The molecule has 4 heterocycles. The number of anilines is 1. The Kier molecular flexibility index (Phi) is 6.18. The minimum atomic E-state index is 0.244. The van der Waals surface area contributed by atoms with E-state index >= 15 is 0 Å². The Labute approximate surface area is 199 Å². The molecular formula is C22H27BrN6O2S. The summed E-state index contributed by atoms with van der Waals surface area (Å²) in [6.45, 7) is 6.75. The van der Waals surface area contributed by atoms with Crippen LogP contribution in [0.1, 0.15) is 33.1 Å². The lowest BCUT2D eigenvalue weighted by Gasteiger charge is -2.33. The highest BCUT2D eigenvalue weighted by Crippen LogP contribution is 2.43. The lowest BCUT2D eigenvalue weighted by molar-refractivity contribution is 0.174. The number of benzene rings is 1. The van der Waals surface area contributed by atoms with Gasteiger partial charge in [-0.15, -0.1) is 0 Å². The van der Waals surface area contributed by atoms with E-state index in [9.17, 15) is 0 Å². The highest BCUT2D eigenvalue weighted by molar-refractivity contribution is 9.10. The van der Waals surface area contributed by atoms with E-state index in [0.717, 1.165) is 51.2 Å². The van der Waals surface area contributed by atoms with E-state index in [-0.39, 0.29) is 6.79 Å². The van der Waals surface area contributed by atoms with Crippen LogP contribution in [0, 0.1) is 11.8 Å². The molecule has 32 heavy (non-hydrogen) atoms. The molecule has 0 amide bonds. The number of nitrogen functional groups attached to an aromatic ring is 1. The van der Waals surface area contributed by atoms with E-state index in [0.29, 0.717) is 29.2 Å². The third-order valence-corrected chi connectivity index (χ3v) is 8.24. The standard InChI is InChI=1S/C22H27BrN6O2S/c1-12(2)15-7-13(3-5-25-15)4-6-29-21-19(20(24)26-10-27-21)28-22(29)32-18-9-17-16(8-14(18)23)30-11-31-17/h8-10,12-13,15,25H,3-7,11H2,1-2H3,(H2,24,26,27)/t13?,15-/m0/s1. The van der Waals surface area contributed by atoms with Crippen LogP contribution in [-0.4, -0.2) is 38.9 Å². The summed E-state index contributed by atoms with van der Waals surface area (Å²) in [6.07, 6.45) is 5.00. The van der Waals surface area contributed by atoms with Gasteiger partial charge in [0.15, 0.2) is 33.6 Å². The molecule has 2 aromatic heterocycles. The lowest BCUT2D eigenvalue weighted by Crippen LogP contribution is -2.41. The Morgan fingerprint density at radius 1 is 1.28 bits per heavy atom. The molecule has 1 fully saturated rings.